The highest BCUT2D eigenvalue weighted by molar-refractivity contribution is 7.17. The molecule has 0 amide bonds. The number of benzene rings is 2. The van der Waals surface area contributed by atoms with Crippen LogP contribution in [-0.4, -0.2) is 7.11 Å². The second-order valence-corrected chi connectivity index (χ2v) is 5.37. The van der Waals surface area contributed by atoms with E-state index in [2.05, 4.69) is 22.8 Å². The van der Waals surface area contributed by atoms with Crippen LogP contribution in [0.25, 0.3) is 10.1 Å². The lowest BCUT2D eigenvalue weighted by molar-refractivity contribution is 0.414. The van der Waals surface area contributed by atoms with Gasteiger partial charge >= 0.3 is 0 Å². The molecule has 1 heterocycles. The summed E-state index contributed by atoms with van der Waals surface area (Å²) in [4.78, 5) is 0. The van der Waals surface area contributed by atoms with Gasteiger partial charge < -0.3 is 10.1 Å². The summed E-state index contributed by atoms with van der Waals surface area (Å²) in [5, 5.41) is 6.46. The van der Waals surface area contributed by atoms with E-state index in [9.17, 15) is 4.39 Å². The third-order valence-corrected chi connectivity index (χ3v) is 4.22. The number of nitrogens with one attached hydrogen (secondary N) is 1. The zero-order valence-electron chi connectivity index (χ0n) is 11.0. The van der Waals surface area contributed by atoms with Crippen molar-refractivity contribution in [3.05, 3.63) is 59.2 Å². The number of fused-ring (bicyclic) bond motifs is 1. The first-order valence-corrected chi connectivity index (χ1v) is 7.18. The number of methoxy groups -OCH3 is 1. The van der Waals surface area contributed by atoms with Crippen LogP contribution in [0.15, 0.2) is 47.8 Å². The average molecular weight is 287 g/mol. The van der Waals surface area contributed by atoms with Crippen molar-refractivity contribution in [1.29, 1.82) is 0 Å². The number of ether oxygens (including phenoxy) is 1. The molecule has 0 spiro atoms. The zero-order chi connectivity index (χ0) is 13.9. The maximum absolute atomic E-state index is 13.7. The lowest BCUT2D eigenvalue weighted by Crippen LogP contribution is -2.01. The SMILES string of the molecule is COc1ccc(F)c(NCc2csc3ccccc23)c1. The molecule has 0 unspecified atom stereocenters. The van der Waals surface area contributed by atoms with Crippen LogP contribution in [0, 0.1) is 5.82 Å². The largest absolute Gasteiger partial charge is 0.497 e. The van der Waals surface area contributed by atoms with E-state index < -0.39 is 0 Å². The van der Waals surface area contributed by atoms with Crippen LogP contribution in [0.4, 0.5) is 10.1 Å². The molecule has 102 valence electrons. The molecule has 3 rings (SSSR count). The summed E-state index contributed by atoms with van der Waals surface area (Å²) in [6.45, 7) is 0.591. The standard InChI is InChI=1S/C16H14FNOS/c1-19-12-6-7-14(17)15(8-12)18-9-11-10-20-16-5-3-2-4-13(11)16/h2-8,10,18H,9H2,1H3. The summed E-state index contributed by atoms with van der Waals surface area (Å²) in [5.74, 6) is 0.370. The number of thiophene rings is 1. The molecular formula is C16H14FNOS. The minimum Gasteiger partial charge on any atom is -0.497 e. The van der Waals surface area contributed by atoms with Crippen LogP contribution in [0.2, 0.25) is 0 Å². The van der Waals surface area contributed by atoms with Gasteiger partial charge in [-0.05, 0) is 34.5 Å². The van der Waals surface area contributed by atoms with Gasteiger partial charge in [0.1, 0.15) is 11.6 Å². The van der Waals surface area contributed by atoms with Crippen molar-refractivity contribution in [2.24, 2.45) is 0 Å². The quantitative estimate of drug-likeness (QED) is 0.753. The van der Waals surface area contributed by atoms with Gasteiger partial charge in [-0.3, -0.25) is 0 Å². The Kier molecular flexibility index (Phi) is 3.56. The van der Waals surface area contributed by atoms with E-state index in [-0.39, 0.29) is 5.82 Å². The van der Waals surface area contributed by atoms with Crippen LogP contribution in [0.3, 0.4) is 0 Å². The van der Waals surface area contributed by atoms with Crippen LogP contribution in [-0.2, 0) is 6.54 Å². The molecule has 3 aromatic rings. The Morgan fingerprint density at radius 1 is 1.20 bits per heavy atom. The van der Waals surface area contributed by atoms with Crippen LogP contribution in [0.1, 0.15) is 5.56 Å². The molecule has 2 aromatic carbocycles. The third-order valence-electron chi connectivity index (χ3n) is 3.20. The Morgan fingerprint density at radius 2 is 2.05 bits per heavy atom. The van der Waals surface area contributed by atoms with Crippen LogP contribution < -0.4 is 10.1 Å². The molecular weight excluding hydrogens is 273 g/mol. The zero-order valence-corrected chi connectivity index (χ0v) is 11.8. The topological polar surface area (TPSA) is 21.3 Å². The van der Waals surface area contributed by atoms with Crippen LogP contribution >= 0.6 is 11.3 Å². The smallest absolute Gasteiger partial charge is 0.146 e. The van der Waals surface area contributed by atoms with E-state index in [1.54, 1.807) is 30.6 Å². The minimum atomic E-state index is -0.273. The number of rotatable bonds is 4. The van der Waals surface area contributed by atoms with Gasteiger partial charge in [-0.25, -0.2) is 4.39 Å². The molecule has 4 heteroatoms. The first-order chi connectivity index (χ1) is 9.78. The highest BCUT2D eigenvalue weighted by Crippen LogP contribution is 2.27. The Balaban J connectivity index is 1.83. The highest BCUT2D eigenvalue weighted by Gasteiger charge is 2.06. The monoisotopic (exact) mass is 287 g/mol. The lowest BCUT2D eigenvalue weighted by atomic mass is 10.2. The molecule has 0 atom stereocenters. The summed E-state index contributed by atoms with van der Waals surface area (Å²) in [7, 11) is 1.57. The molecule has 0 fully saturated rings. The normalized spacial score (nSPS) is 10.7. The predicted molar refractivity (Wildman–Crippen MR) is 82.1 cm³/mol. The van der Waals surface area contributed by atoms with E-state index in [1.807, 2.05) is 12.1 Å². The third kappa shape index (κ3) is 2.47. The van der Waals surface area contributed by atoms with Gasteiger partial charge in [-0.15, -0.1) is 11.3 Å². The summed E-state index contributed by atoms with van der Waals surface area (Å²) >= 11 is 1.70. The summed E-state index contributed by atoms with van der Waals surface area (Å²) in [5.41, 5.74) is 1.63. The van der Waals surface area contributed by atoms with Gasteiger partial charge in [0, 0.05) is 17.3 Å². The molecule has 0 bridgehead atoms. The predicted octanol–water partition coefficient (Wildman–Crippen LogP) is 4.66. The van der Waals surface area contributed by atoms with Gasteiger partial charge in [0.2, 0.25) is 0 Å². The lowest BCUT2D eigenvalue weighted by Gasteiger charge is -2.09. The summed E-state index contributed by atoms with van der Waals surface area (Å²) < 4.78 is 20.1. The van der Waals surface area contributed by atoms with E-state index in [0.29, 0.717) is 18.0 Å². The van der Waals surface area contributed by atoms with Crippen molar-refractivity contribution in [3.8, 4) is 5.75 Å². The highest BCUT2D eigenvalue weighted by atomic mass is 32.1. The molecule has 0 radical (unpaired) electrons. The van der Waals surface area contributed by atoms with Crippen molar-refractivity contribution >= 4 is 27.1 Å². The molecule has 1 N–H and O–H groups in total. The first kappa shape index (κ1) is 12.9. The Labute approximate surface area is 120 Å². The van der Waals surface area contributed by atoms with E-state index >= 15 is 0 Å². The van der Waals surface area contributed by atoms with Gasteiger partial charge in [0.15, 0.2) is 0 Å². The maximum atomic E-state index is 13.7. The second kappa shape index (κ2) is 5.51. The summed E-state index contributed by atoms with van der Waals surface area (Å²) in [6, 6.07) is 12.9. The fourth-order valence-electron chi connectivity index (χ4n) is 2.13. The fourth-order valence-corrected chi connectivity index (χ4v) is 3.09. The molecule has 0 aliphatic carbocycles. The Hall–Kier alpha value is -2.07. The molecule has 0 saturated heterocycles. The van der Waals surface area contributed by atoms with Crippen molar-refractivity contribution in [1.82, 2.24) is 0 Å². The van der Waals surface area contributed by atoms with Crippen molar-refractivity contribution in [2.45, 2.75) is 6.54 Å². The van der Waals surface area contributed by atoms with Gasteiger partial charge in [-0.2, -0.15) is 0 Å². The van der Waals surface area contributed by atoms with E-state index in [0.717, 1.165) is 0 Å². The van der Waals surface area contributed by atoms with Crippen molar-refractivity contribution in [3.63, 3.8) is 0 Å². The maximum Gasteiger partial charge on any atom is 0.146 e. The van der Waals surface area contributed by atoms with Crippen LogP contribution in [0.5, 0.6) is 5.75 Å². The molecule has 1 aromatic heterocycles. The van der Waals surface area contributed by atoms with E-state index in [4.69, 9.17) is 4.74 Å². The van der Waals surface area contributed by atoms with E-state index in [1.165, 1.54) is 21.7 Å². The number of hydrogen-bond acceptors (Lipinski definition) is 3. The number of anilines is 1. The van der Waals surface area contributed by atoms with Crippen molar-refractivity contribution in [2.75, 3.05) is 12.4 Å². The molecule has 0 aliphatic rings. The van der Waals surface area contributed by atoms with Gasteiger partial charge in [0.05, 0.1) is 12.8 Å². The molecule has 2 nitrogen and oxygen atoms in total. The Bertz CT molecular complexity index is 738. The van der Waals surface area contributed by atoms with Crippen molar-refractivity contribution < 1.29 is 9.13 Å². The molecule has 20 heavy (non-hydrogen) atoms. The summed E-state index contributed by atoms with van der Waals surface area (Å²) in [6.07, 6.45) is 0. The molecule has 0 aliphatic heterocycles. The molecule has 0 saturated carbocycles. The number of hydrogen-bond donors (Lipinski definition) is 1. The first-order valence-electron chi connectivity index (χ1n) is 6.30. The average Bonchev–Trinajstić information content (AvgIpc) is 2.90. The van der Waals surface area contributed by atoms with Gasteiger partial charge in [0.25, 0.3) is 0 Å². The minimum absolute atomic E-state index is 0.273. The fraction of sp³-hybridized carbons (Fsp3) is 0.125. The van der Waals surface area contributed by atoms with Gasteiger partial charge in [-0.1, -0.05) is 18.2 Å². The number of halogens is 1. The second-order valence-electron chi connectivity index (χ2n) is 4.46. The Morgan fingerprint density at radius 3 is 2.90 bits per heavy atom.